The second kappa shape index (κ2) is 10.8. The largest absolute Gasteiger partial charge is 0.493 e. The quantitative estimate of drug-likeness (QED) is 0.593. The van der Waals surface area contributed by atoms with E-state index in [1.807, 2.05) is 18.2 Å². The van der Waals surface area contributed by atoms with Crippen molar-refractivity contribution in [3.05, 3.63) is 41.5 Å². The Morgan fingerprint density at radius 3 is 1.97 bits per heavy atom. The fourth-order valence-electron chi connectivity index (χ4n) is 3.06. The van der Waals surface area contributed by atoms with Crippen molar-refractivity contribution in [3.8, 4) is 28.7 Å². The van der Waals surface area contributed by atoms with Gasteiger partial charge in [-0.2, -0.15) is 0 Å². The second-order valence-electron chi connectivity index (χ2n) is 6.54. The summed E-state index contributed by atoms with van der Waals surface area (Å²) in [5, 5.41) is 19.8. The minimum absolute atomic E-state index is 0.137. The molecule has 0 amide bonds. The summed E-state index contributed by atoms with van der Waals surface area (Å²) in [6.45, 7) is 1.91. The van der Waals surface area contributed by atoms with Crippen LogP contribution in [0.1, 0.15) is 30.6 Å². The van der Waals surface area contributed by atoms with Crippen molar-refractivity contribution in [1.29, 1.82) is 0 Å². The number of aryl methyl sites for hydroxylation is 1. The van der Waals surface area contributed by atoms with Gasteiger partial charge in [-0.05, 0) is 55.2 Å². The van der Waals surface area contributed by atoms with E-state index in [1.54, 1.807) is 26.2 Å². The molecular weight excluding hydrogens is 376 g/mol. The third-order valence-corrected chi connectivity index (χ3v) is 4.64. The molecule has 0 spiro atoms. The summed E-state index contributed by atoms with van der Waals surface area (Å²) in [6, 6.07) is 9.00. The standard InChI is InChI=1S/C22H30O7/c1-14(29-17-9-8-15(7-6-10-23)11-18(17)25-2)21(24)16-12-19(26-3)22(28-5)20(13-16)27-4/h8-9,11-14,21,23-24H,6-7,10H2,1-5H3/t14-,21?/m1/s1. The zero-order chi connectivity index (χ0) is 21.4. The van der Waals surface area contributed by atoms with Crippen LogP contribution in [0.4, 0.5) is 0 Å². The van der Waals surface area contributed by atoms with Crippen LogP contribution >= 0.6 is 0 Å². The van der Waals surface area contributed by atoms with Crippen LogP contribution in [-0.2, 0) is 6.42 Å². The molecule has 0 saturated heterocycles. The highest BCUT2D eigenvalue weighted by Crippen LogP contribution is 2.40. The lowest BCUT2D eigenvalue weighted by Gasteiger charge is -2.23. The van der Waals surface area contributed by atoms with Crippen molar-refractivity contribution >= 4 is 0 Å². The fourth-order valence-corrected chi connectivity index (χ4v) is 3.06. The lowest BCUT2D eigenvalue weighted by molar-refractivity contribution is 0.0448. The maximum Gasteiger partial charge on any atom is 0.203 e. The SMILES string of the molecule is COc1cc(CCCO)ccc1O[C@H](C)C(O)c1cc(OC)c(OC)c(OC)c1. The first-order chi connectivity index (χ1) is 14.0. The minimum Gasteiger partial charge on any atom is -0.493 e. The highest BCUT2D eigenvalue weighted by Gasteiger charge is 2.23. The number of aliphatic hydroxyl groups is 2. The normalized spacial score (nSPS) is 12.8. The molecule has 0 aromatic heterocycles. The van der Waals surface area contributed by atoms with Gasteiger partial charge in [0.05, 0.1) is 28.4 Å². The zero-order valence-corrected chi connectivity index (χ0v) is 17.6. The first-order valence-corrected chi connectivity index (χ1v) is 9.41. The molecule has 7 heteroatoms. The number of methoxy groups -OCH3 is 4. The van der Waals surface area contributed by atoms with Crippen molar-refractivity contribution in [2.75, 3.05) is 35.0 Å². The first kappa shape index (κ1) is 22.6. The van der Waals surface area contributed by atoms with Gasteiger partial charge in [-0.25, -0.2) is 0 Å². The molecule has 2 N–H and O–H groups in total. The summed E-state index contributed by atoms with van der Waals surface area (Å²) in [4.78, 5) is 0. The Hall–Kier alpha value is -2.64. The minimum atomic E-state index is -0.942. The number of rotatable bonds is 11. The molecule has 160 valence electrons. The first-order valence-electron chi connectivity index (χ1n) is 9.41. The van der Waals surface area contributed by atoms with E-state index in [0.29, 0.717) is 40.7 Å². The van der Waals surface area contributed by atoms with Crippen molar-refractivity contribution in [2.24, 2.45) is 0 Å². The highest BCUT2D eigenvalue weighted by atomic mass is 16.5. The third kappa shape index (κ3) is 5.46. The Labute approximate surface area is 171 Å². The van der Waals surface area contributed by atoms with E-state index < -0.39 is 12.2 Å². The summed E-state index contributed by atoms with van der Waals surface area (Å²) in [5.74, 6) is 2.47. The topological polar surface area (TPSA) is 86.6 Å². The highest BCUT2D eigenvalue weighted by molar-refractivity contribution is 5.54. The summed E-state index contributed by atoms with van der Waals surface area (Å²) in [6.07, 6.45) is -0.0893. The van der Waals surface area contributed by atoms with E-state index in [-0.39, 0.29) is 6.61 Å². The Bertz CT molecular complexity index is 766. The Morgan fingerprint density at radius 1 is 0.828 bits per heavy atom. The van der Waals surface area contributed by atoms with E-state index >= 15 is 0 Å². The summed E-state index contributed by atoms with van der Waals surface area (Å²) in [5.41, 5.74) is 1.62. The summed E-state index contributed by atoms with van der Waals surface area (Å²) < 4.78 is 27.4. The number of ether oxygens (including phenoxy) is 5. The van der Waals surface area contributed by atoms with E-state index in [4.69, 9.17) is 28.8 Å². The van der Waals surface area contributed by atoms with Gasteiger partial charge in [0.1, 0.15) is 12.2 Å². The average Bonchev–Trinajstić information content (AvgIpc) is 2.76. The van der Waals surface area contributed by atoms with E-state index in [9.17, 15) is 5.11 Å². The monoisotopic (exact) mass is 406 g/mol. The number of benzene rings is 2. The van der Waals surface area contributed by atoms with Crippen LogP contribution in [0.3, 0.4) is 0 Å². The molecular formula is C22H30O7. The van der Waals surface area contributed by atoms with Crippen LogP contribution in [0.2, 0.25) is 0 Å². The molecule has 0 aliphatic heterocycles. The lowest BCUT2D eigenvalue weighted by atomic mass is 10.0. The molecule has 2 atom stereocenters. The van der Waals surface area contributed by atoms with Gasteiger partial charge in [0.25, 0.3) is 0 Å². The molecule has 2 aromatic carbocycles. The molecule has 0 radical (unpaired) electrons. The van der Waals surface area contributed by atoms with Crippen molar-refractivity contribution in [3.63, 3.8) is 0 Å². The number of hydrogen-bond donors (Lipinski definition) is 2. The predicted molar refractivity (Wildman–Crippen MR) is 110 cm³/mol. The maximum absolute atomic E-state index is 10.8. The molecule has 0 aliphatic rings. The average molecular weight is 406 g/mol. The van der Waals surface area contributed by atoms with Crippen molar-refractivity contribution in [1.82, 2.24) is 0 Å². The third-order valence-electron chi connectivity index (χ3n) is 4.64. The molecule has 0 heterocycles. The van der Waals surface area contributed by atoms with Crippen LogP contribution < -0.4 is 23.7 Å². The summed E-state index contributed by atoms with van der Waals surface area (Å²) in [7, 11) is 6.14. The molecule has 29 heavy (non-hydrogen) atoms. The van der Waals surface area contributed by atoms with Crippen LogP contribution in [-0.4, -0.2) is 51.4 Å². The van der Waals surface area contributed by atoms with E-state index in [0.717, 1.165) is 12.0 Å². The maximum atomic E-state index is 10.8. The van der Waals surface area contributed by atoms with Gasteiger partial charge in [0, 0.05) is 6.61 Å². The number of aliphatic hydroxyl groups excluding tert-OH is 2. The molecule has 7 nitrogen and oxygen atoms in total. The zero-order valence-electron chi connectivity index (χ0n) is 17.6. The Morgan fingerprint density at radius 2 is 1.45 bits per heavy atom. The van der Waals surface area contributed by atoms with Crippen LogP contribution in [0.15, 0.2) is 30.3 Å². The van der Waals surface area contributed by atoms with Crippen LogP contribution in [0.25, 0.3) is 0 Å². The number of hydrogen-bond acceptors (Lipinski definition) is 7. The van der Waals surface area contributed by atoms with Gasteiger partial charge < -0.3 is 33.9 Å². The van der Waals surface area contributed by atoms with Gasteiger partial charge in [-0.1, -0.05) is 6.07 Å². The van der Waals surface area contributed by atoms with Gasteiger partial charge in [-0.15, -0.1) is 0 Å². The van der Waals surface area contributed by atoms with Gasteiger partial charge in [-0.3, -0.25) is 0 Å². The Kier molecular flexibility index (Phi) is 8.42. The van der Waals surface area contributed by atoms with Gasteiger partial charge in [0.2, 0.25) is 5.75 Å². The molecule has 0 aliphatic carbocycles. The van der Waals surface area contributed by atoms with Crippen LogP contribution in [0.5, 0.6) is 28.7 Å². The van der Waals surface area contributed by atoms with Gasteiger partial charge >= 0.3 is 0 Å². The van der Waals surface area contributed by atoms with Crippen molar-refractivity contribution < 1.29 is 33.9 Å². The van der Waals surface area contributed by atoms with Gasteiger partial charge in [0.15, 0.2) is 23.0 Å². The van der Waals surface area contributed by atoms with Crippen molar-refractivity contribution in [2.45, 2.75) is 32.0 Å². The molecule has 0 fully saturated rings. The second-order valence-corrected chi connectivity index (χ2v) is 6.54. The smallest absolute Gasteiger partial charge is 0.203 e. The molecule has 2 rings (SSSR count). The molecule has 1 unspecified atom stereocenters. The molecule has 0 saturated carbocycles. The predicted octanol–water partition coefficient (Wildman–Crippen LogP) is 3.15. The molecule has 0 bridgehead atoms. The Balaban J connectivity index is 2.23. The summed E-state index contributed by atoms with van der Waals surface area (Å²) >= 11 is 0. The fraction of sp³-hybridized carbons (Fsp3) is 0.455. The van der Waals surface area contributed by atoms with E-state index in [1.165, 1.54) is 21.3 Å². The van der Waals surface area contributed by atoms with E-state index in [2.05, 4.69) is 0 Å². The lowest BCUT2D eigenvalue weighted by Crippen LogP contribution is -2.22. The molecule has 2 aromatic rings. The van der Waals surface area contributed by atoms with Crippen LogP contribution in [0, 0.1) is 0 Å².